The highest BCUT2D eigenvalue weighted by Crippen LogP contribution is 2.36. The molecule has 3 rings (SSSR count). The highest BCUT2D eigenvalue weighted by atomic mass is 35.5. The molecule has 0 unspecified atom stereocenters. The number of nitrogens with one attached hydrogen (secondary N) is 2. The molecule has 0 aliphatic heterocycles. The molecule has 0 atom stereocenters. The lowest BCUT2D eigenvalue weighted by atomic mass is 10.1. The maximum Gasteiger partial charge on any atom is 0.279 e. The standard InChI is InChI=1S/C21H22ClN5O4/c1-4-30-17-11-13(10-16(22)19(17)31-5-2)12-23-26-21-24-20(28)18(25-27-21)14-6-8-15(29-3)9-7-14/h6-12H,4-5H2,1-3H3,(H2,24,26,27,28)/b23-12+. The van der Waals surface area contributed by atoms with E-state index in [1.807, 2.05) is 13.8 Å². The Morgan fingerprint density at radius 2 is 1.87 bits per heavy atom. The zero-order valence-corrected chi connectivity index (χ0v) is 18.1. The number of aromatic nitrogens is 3. The lowest BCUT2D eigenvalue weighted by molar-refractivity contribution is 0.288. The third kappa shape index (κ3) is 5.52. The number of hydrogen-bond donors (Lipinski definition) is 2. The van der Waals surface area contributed by atoms with Crippen molar-refractivity contribution in [3.63, 3.8) is 0 Å². The van der Waals surface area contributed by atoms with E-state index in [9.17, 15) is 4.79 Å². The van der Waals surface area contributed by atoms with Gasteiger partial charge < -0.3 is 14.2 Å². The molecule has 0 fully saturated rings. The summed E-state index contributed by atoms with van der Waals surface area (Å²) in [6, 6.07) is 10.4. The van der Waals surface area contributed by atoms with Crippen molar-refractivity contribution in [2.24, 2.45) is 5.10 Å². The predicted molar refractivity (Wildman–Crippen MR) is 120 cm³/mol. The molecule has 0 saturated heterocycles. The Kier molecular flexibility index (Phi) is 7.45. The van der Waals surface area contributed by atoms with Gasteiger partial charge in [0.2, 0.25) is 5.95 Å². The molecule has 0 amide bonds. The van der Waals surface area contributed by atoms with Crippen LogP contribution in [0.15, 0.2) is 46.3 Å². The van der Waals surface area contributed by atoms with Gasteiger partial charge in [-0.2, -0.15) is 5.10 Å². The first kappa shape index (κ1) is 22.1. The normalized spacial score (nSPS) is 10.8. The summed E-state index contributed by atoms with van der Waals surface area (Å²) in [4.78, 5) is 15.0. The summed E-state index contributed by atoms with van der Waals surface area (Å²) in [7, 11) is 1.57. The van der Waals surface area contributed by atoms with Crippen molar-refractivity contribution in [2.45, 2.75) is 13.8 Å². The van der Waals surface area contributed by atoms with Gasteiger partial charge in [-0.25, -0.2) is 5.43 Å². The molecule has 1 aromatic heterocycles. The van der Waals surface area contributed by atoms with Gasteiger partial charge in [-0.15, -0.1) is 10.2 Å². The van der Waals surface area contributed by atoms with Gasteiger partial charge in [-0.1, -0.05) is 11.6 Å². The fourth-order valence-corrected chi connectivity index (χ4v) is 2.98. The number of halogens is 1. The van der Waals surface area contributed by atoms with Gasteiger partial charge in [0, 0.05) is 5.56 Å². The molecule has 162 valence electrons. The molecule has 0 bridgehead atoms. The predicted octanol–water partition coefficient (Wildman–Crippen LogP) is 3.74. The molecule has 31 heavy (non-hydrogen) atoms. The number of benzene rings is 2. The van der Waals surface area contributed by atoms with Gasteiger partial charge in [0.15, 0.2) is 17.2 Å². The molecule has 0 saturated carbocycles. The van der Waals surface area contributed by atoms with Crippen LogP contribution in [0.4, 0.5) is 5.95 Å². The van der Waals surface area contributed by atoms with Crippen LogP contribution in [0.1, 0.15) is 19.4 Å². The largest absolute Gasteiger partial charge is 0.497 e. The fraction of sp³-hybridized carbons (Fsp3) is 0.238. The summed E-state index contributed by atoms with van der Waals surface area (Å²) >= 11 is 6.30. The van der Waals surface area contributed by atoms with Crippen molar-refractivity contribution >= 4 is 23.8 Å². The van der Waals surface area contributed by atoms with E-state index in [1.165, 1.54) is 6.21 Å². The molecule has 0 aliphatic rings. The Balaban J connectivity index is 1.75. The molecular weight excluding hydrogens is 422 g/mol. The van der Waals surface area contributed by atoms with Crippen LogP contribution >= 0.6 is 11.6 Å². The second kappa shape index (κ2) is 10.4. The SMILES string of the molecule is CCOc1cc(/C=N/Nc2nnc(-c3ccc(OC)cc3)c(=O)[nH]2)cc(Cl)c1OCC. The second-order valence-electron chi connectivity index (χ2n) is 6.15. The van der Waals surface area contributed by atoms with E-state index in [-0.39, 0.29) is 11.6 Å². The highest BCUT2D eigenvalue weighted by Gasteiger charge is 2.12. The Morgan fingerprint density at radius 1 is 1.13 bits per heavy atom. The summed E-state index contributed by atoms with van der Waals surface area (Å²) in [6.45, 7) is 4.67. The monoisotopic (exact) mass is 443 g/mol. The molecular formula is C21H22ClN5O4. The third-order valence-corrected chi connectivity index (χ3v) is 4.35. The lowest BCUT2D eigenvalue weighted by Gasteiger charge is -2.13. The molecule has 9 nitrogen and oxygen atoms in total. The Bertz CT molecular complexity index is 1120. The van der Waals surface area contributed by atoms with Crippen molar-refractivity contribution in [3.8, 4) is 28.5 Å². The molecule has 1 heterocycles. The lowest BCUT2D eigenvalue weighted by Crippen LogP contribution is -2.15. The summed E-state index contributed by atoms with van der Waals surface area (Å²) in [5.74, 6) is 1.79. The minimum Gasteiger partial charge on any atom is -0.497 e. The summed E-state index contributed by atoms with van der Waals surface area (Å²) in [6.07, 6.45) is 1.52. The van der Waals surface area contributed by atoms with Crippen molar-refractivity contribution in [2.75, 3.05) is 25.7 Å². The van der Waals surface area contributed by atoms with Gasteiger partial charge >= 0.3 is 0 Å². The van der Waals surface area contributed by atoms with E-state index in [1.54, 1.807) is 43.5 Å². The first-order valence-electron chi connectivity index (χ1n) is 9.55. The zero-order valence-electron chi connectivity index (χ0n) is 17.3. The summed E-state index contributed by atoms with van der Waals surface area (Å²) < 4.78 is 16.2. The second-order valence-corrected chi connectivity index (χ2v) is 6.55. The van der Waals surface area contributed by atoms with Crippen LogP contribution in [0.5, 0.6) is 17.2 Å². The molecule has 0 aliphatic carbocycles. The average Bonchev–Trinajstić information content (AvgIpc) is 2.77. The van der Waals surface area contributed by atoms with E-state index in [0.717, 1.165) is 0 Å². The minimum atomic E-state index is -0.402. The molecule has 2 aromatic carbocycles. The Hall–Kier alpha value is -3.59. The van der Waals surface area contributed by atoms with Gasteiger partial charge in [-0.05, 0) is 55.8 Å². The number of hydrazone groups is 1. The topological polar surface area (TPSA) is 111 Å². The van der Waals surface area contributed by atoms with Crippen molar-refractivity contribution in [1.82, 2.24) is 15.2 Å². The van der Waals surface area contributed by atoms with Crippen LogP contribution in [-0.2, 0) is 0 Å². The highest BCUT2D eigenvalue weighted by molar-refractivity contribution is 6.32. The molecule has 0 spiro atoms. The number of nitrogens with zero attached hydrogens (tertiary/aromatic N) is 3. The maximum atomic E-state index is 12.4. The van der Waals surface area contributed by atoms with E-state index >= 15 is 0 Å². The number of rotatable bonds is 9. The van der Waals surface area contributed by atoms with Crippen LogP contribution in [0.3, 0.4) is 0 Å². The third-order valence-electron chi connectivity index (χ3n) is 4.06. The van der Waals surface area contributed by atoms with Crippen LogP contribution in [0, 0.1) is 0 Å². The summed E-state index contributed by atoms with van der Waals surface area (Å²) in [5, 5.41) is 12.4. The van der Waals surface area contributed by atoms with Gasteiger partial charge in [0.25, 0.3) is 5.56 Å². The minimum absolute atomic E-state index is 0.0978. The van der Waals surface area contributed by atoms with Gasteiger partial charge in [0.05, 0.1) is 31.6 Å². The van der Waals surface area contributed by atoms with Crippen LogP contribution in [-0.4, -0.2) is 41.7 Å². The van der Waals surface area contributed by atoms with Crippen molar-refractivity contribution in [3.05, 3.63) is 57.3 Å². The summed E-state index contributed by atoms with van der Waals surface area (Å²) in [5.41, 5.74) is 3.73. The van der Waals surface area contributed by atoms with Crippen molar-refractivity contribution < 1.29 is 14.2 Å². The maximum absolute atomic E-state index is 12.4. The number of ether oxygens (including phenoxy) is 3. The Labute approximate surface area is 184 Å². The smallest absolute Gasteiger partial charge is 0.279 e. The van der Waals surface area contributed by atoms with E-state index in [2.05, 4.69) is 25.7 Å². The number of hydrogen-bond acceptors (Lipinski definition) is 8. The molecule has 3 aromatic rings. The molecule has 0 radical (unpaired) electrons. The number of anilines is 1. The van der Waals surface area contributed by atoms with E-state index in [4.69, 9.17) is 25.8 Å². The number of aromatic amines is 1. The zero-order chi connectivity index (χ0) is 22.2. The first-order valence-corrected chi connectivity index (χ1v) is 9.93. The fourth-order valence-electron chi connectivity index (χ4n) is 2.70. The quantitative estimate of drug-likeness (QED) is 0.383. The van der Waals surface area contributed by atoms with Crippen LogP contribution in [0.2, 0.25) is 5.02 Å². The Morgan fingerprint density at radius 3 is 2.52 bits per heavy atom. The average molecular weight is 444 g/mol. The van der Waals surface area contributed by atoms with E-state index in [0.29, 0.717) is 46.6 Å². The van der Waals surface area contributed by atoms with Crippen molar-refractivity contribution in [1.29, 1.82) is 0 Å². The first-order chi connectivity index (χ1) is 15.0. The number of H-pyrrole nitrogens is 1. The van der Waals surface area contributed by atoms with Gasteiger partial charge in [0.1, 0.15) is 5.75 Å². The van der Waals surface area contributed by atoms with E-state index < -0.39 is 5.56 Å². The number of methoxy groups -OCH3 is 1. The van der Waals surface area contributed by atoms with Crippen LogP contribution in [0.25, 0.3) is 11.3 Å². The molecule has 10 heteroatoms. The van der Waals surface area contributed by atoms with Crippen LogP contribution < -0.4 is 25.2 Å². The van der Waals surface area contributed by atoms with Gasteiger partial charge in [-0.3, -0.25) is 9.78 Å². The molecule has 2 N–H and O–H groups in total.